The Hall–Kier alpha value is -1.95. The molecule has 1 aliphatic heterocycles. The first kappa shape index (κ1) is 14.5. The van der Waals surface area contributed by atoms with Crippen LogP contribution >= 0.6 is 0 Å². The fourth-order valence-electron chi connectivity index (χ4n) is 2.28. The van der Waals surface area contributed by atoms with Crippen molar-refractivity contribution in [1.29, 1.82) is 0 Å². The summed E-state index contributed by atoms with van der Waals surface area (Å²) in [7, 11) is 1.75. The Morgan fingerprint density at radius 2 is 2.40 bits per heavy atom. The van der Waals surface area contributed by atoms with Gasteiger partial charge in [0, 0.05) is 44.2 Å². The topological polar surface area (TPSA) is 60.8 Å². The second kappa shape index (κ2) is 6.47. The van der Waals surface area contributed by atoms with E-state index < -0.39 is 0 Å². The zero-order chi connectivity index (χ0) is 14.5. The fourth-order valence-corrected chi connectivity index (χ4v) is 2.28. The van der Waals surface area contributed by atoms with Gasteiger partial charge in [-0.15, -0.1) is 0 Å². The van der Waals surface area contributed by atoms with Gasteiger partial charge in [-0.1, -0.05) is 6.07 Å². The Balaban J connectivity index is 2.01. The molecule has 6 heteroatoms. The van der Waals surface area contributed by atoms with Crippen LogP contribution in [0.4, 0.5) is 0 Å². The minimum absolute atomic E-state index is 0.0659. The standard InChI is InChI=1S/C14H21N5O/c1-4-16-19(15-3)10-14(20)18-8-7-13-12(9-18)6-5-11(2)17-13/h4-6,15H,7-10H2,1-3H3/b16-4-. The summed E-state index contributed by atoms with van der Waals surface area (Å²) in [5.74, 6) is 0.0659. The van der Waals surface area contributed by atoms with Crippen molar-refractivity contribution in [3.05, 3.63) is 29.1 Å². The Morgan fingerprint density at radius 3 is 3.10 bits per heavy atom. The van der Waals surface area contributed by atoms with Crippen LogP contribution in [0.15, 0.2) is 17.2 Å². The molecule has 1 aliphatic rings. The summed E-state index contributed by atoms with van der Waals surface area (Å²) in [6.07, 6.45) is 2.47. The molecule has 0 radical (unpaired) electrons. The van der Waals surface area contributed by atoms with Crippen LogP contribution in [0.5, 0.6) is 0 Å². The van der Waals surface area contributed by atoms with Gasteiger partial charge in [0.2, 0.25) is 5.91 Å². The third-order valence-corrected chi connectivity index (χ3v) is 3.34. The van der Waals surface area contributed by atoms with Crippen LogP contribution in [-0.2, 0) is 17.8 Å². The Labute approximate surface area is 119 Å². The zero-order valence-corrected chi connectivity index (χ0v) is 12.3. The maximum absolute atomic E-state index is 12.3. The molecule has 1 amide bonds. The molecule has 0 atom stereocenters. The number of hydrazone groups is 1. The highest BCUT2D eigenvalue weighted by molar-refractivity contribution is 5.78. The monoisotopic (exact) mass is 275 g/mol. The van der Waals surface area contributed by atoms with Gasteiger partial charge in [0.25, 0.3) is 0 Å². The Bertz CT molecular complexity index is 514. The van der Waals surface area contributed by atoms with E-state index in [1.54, 1.807) is 13.3 Å². The van der Waals surface area contributed by atoms with Gasteiger partial charge in [0.1, 0.15) is 6.54 Å². The van der Waals surface area contributed by atoms with E-state index in [0.717, 1.165) is 29.9 Å². The predicted octanol–water partition coefficient (Wildman–Crippen LogP) is 0.717. The summed E-state index contributed by atoms with van der Waals surface area (Å²) in [5.41, 5.74) is 6.17. The summed E-state index contributed by atoms with van der Waals surface area (Å²) in [5, 5.41) is 5.60. The number of hydrogen-bond acceptors (Lipinski definition) is 5. The van der Waals surface area contributed by atoms with E-state index >= 15 is 0 Å². The first-order chi connectivity index (χ1) is 9.63. The van der Waals surface area contributed by atoms with Crippen molar-refractivity contribution >= 4 is 12.1 Å². The number of aryl methyl sites for hydroxylation is 1. The molecule has 1 aromatic rings. The number of pyridine rings is 1. The molecule has 20 heavy (non-hydrogen) atoms. The third kappa shape index (κ3) is 3.33. The van der Waals surface area contributed by atoms with Gasteiger partial charge in [-0.25, -0.2) is 10.5 Å². The number of aromatic nitrogens is 1. The molecule has 6 nitrogen and oxygen atoms in total. The molecule has 0 aromatic carbocycles. The van der Waals surface area contributed by atoms with Crippen molar-refractivity contribution in [2.24, 2.45) is 5.10 Å². The lowest BCUT2D eigenvalue weighted by molar-refractivity contribution is -0.134. The smallest absolute Gasteiger partial charge is 0.245 e. The van der Waals surface area contributed by atoms with Crippen LogP contribution in [0.3, 0.4) is 0 Å². The van der Waals surface area contributed by atoms with Gasteiger partial charge >= 0.3 is 0 Å². The second-order valence-electron chi connectivity index (χ2n) is 4.78. The van der Waals surface area contributed by atoms with Crippen molar-refractivity contribution < 1.29 is 4.79 Å². The third-order valence-electron chi connectivity index (χ3n) is 3.34. The minimum Gasteiger partial charge on any atom is -0.336 e. The number of hydrazine groups is 1. The van der Waals surface area contributed by atoms with E-state index in [0.29, 0.717) is 6.54 Å². The van der Waals surface area contributed by atoms with E-state index in [1.807, 2.05) is 24.8 Å². The normalized spacial score (nSPS) is 14.4. The van der Waals surface area contributed by atoms with Crippen LogP contribution in [0, 0.1) is 6.92 Å². The number of amides is 1. The van der Waals surface area contributed by atoms with Crippen molar-refractivity contribution in [2.45, 2.75) is 26.8 Å². The van der Waals surface area contributed by atoms with Crippen LogP contribution < -0.4 is 5.43 Å². The van der Waals surface area contributed by atoms with Crippen molar-refractivity contribution in [2.75, 3.05) is 20.1 Å². The molecule has 108 valence electrons. The molecule has 0 aliphatic carbocycles. The molecule has 1 aromatic heterocycles. The van der Waals surface area contributed by atoms with Gasteiger partial charge < -0.3 is 4.90 Å². The Kier molecular flexibility index (Phi) is 4.68. The Morgan fingerprint density at radius 1 is 1.60 bits per heavy atom. The lowest BCUT2D eigenvalue weighted by Gasteiger charge is -2.30. The van der Waals surface area contributed by atoms with Gasteiger partial charge in [-0.05, 0) is 25.5 Å². The fraction of sp³-hybridized carbons (Fsp3) is 0.500. The van der Waals surface area contributed by atoms with Gasteiger partial charge in [0.05, 0.1) is 0 Å². The second-order valence-corrected chi connectivity index (χ2v) is 4.78. The summed E-state index contributed by atoms with van der Waals surface area (Å²) < 4.78 is 0. The summed E-state index contributed by atoms with van der Waals surface area (Å²) in [4.78, 5) is 18.7. The maximum atomic E-state index is 12.3. The lowest BCUT2D eigenvalue weighted by Crippen LogP contribution is -2.44. The number of nitrogens with one attached hydrogen (secondary N) is 1. The average molecular weight is 275 g/mol. The summed E-state index contributed by atoms with van der Waals surface area (Å²) >= 11 is 0. The maximum Gasteiger partial charge on any atom is 0.245 e. The lowest BCUT2D eigenvalue weighted by atomic mass is 10.1. The molecule has 1 N–H and O–H groups in total. The highest BCUT2D eigenvalue weighted by Crippen LogP contribution is 2.17. The number of fused-ring (bicyclic) bond motifs is 1. The molecule has 0 saturated carbocycles. The number of carbonyl (C=O) groups is 1. The van der Waals surface area contributed by atoms with E-state index in [2.05, 4.69) is 21.6 Å². The molecular weight excluding hydrogens is 254 g/mol. The predicted molar refractivity (Wildman–Crippen MR) is 78.0 cm³/mol. The van der Waals surface area contributed by atoms with Crippen LogP contribution in [-0.4, -0.2) is 47.3 Å². The first-order valence-corrected chi connectivity index (χ1v) is 6.80. The molecule has 2 rings (SSSR count). The van der Waals surface area contributed by atoms with Crippen LogP contribution in [0.2, 0.25) is 0 Å². The minimum atomic E-state index is 0.0659. The molecule has 0 fully saturated rings. The van der Waals surface area contributed by atoms with E-state index in [9.17, 15) is 4.79 Å². The van der Waals surface area contributed by atoms with E-state index in [4.69, 9.17) is 0 Å². The average Bonchev–Trinajstić information content (AvgIpc) is 2.46. The van der Waals surface area contributed by atoms with Crippen molar-refractivity contribution in [1.82, 2.24) is 20.4 Å². The summed E-state index contributed by atoms with van der Waals surface area (Å²) in [6.45, 7) is 5.39. The largest absolute Gasteiger partial charge is 0.336 e. The van der Waals surface area contributed by atoms with Crippen molar-refractivity contribution in [3.8, 4) is 0 Å². The number of rotatable bonds is 4. The first-order valence-electron chi connectivity index (χ1n) is 6.80. The molecule has 2 heterocycles. The molecule has 0 saturated heterocycles. The SMILES string of the molecule is C/C=N\N(CC(=O)N1CCc2nc(C)ccc2C1)NC. The van der Waals surface area contributed by atoms with E-state index in [1.165, 1.54) is 5.12 Å². The number of hydrogen-bond donors (Lipinski definition) is 1. The zero-order valence-electron chi connectivity index (χ0n) is 12.3. The molecular formula is C14H21N5O. The summed E-state index contributed by atoms with van der Waals surface area (Å²) in [6, 6.07) is 4.06. The highest BCUT2D eigenvalue weighted by atomic mass is 16.2. The van der Waals surface area contributed by atoms with Gasteiger partial charge in [-0.2, -0.15) is 5.10 Å². The van der Waals surface area contributed by atoms with Crippen LogP contribution in [0.1, 0.15) is 23.9 Å². The molecule has 0 unspecified atom stereocenters. The number of nitrogens with zero attached hydrogens (tertiary/aromatic N) is 4. The van der Waals surface area contributed by atoms with Gasteiger partial charge in [-0.3, -0.25) is 9.78 Å². The van der Waals surface area contributed by atoms with Crippen LogP contribution in [0.25, 0.3) is 0 Å². The highest BCUT2D eigenvalue weighted by Gasteiger charge is 2.22. The van der Waals surface area contributed by atoms with Gasteiger partial charge in [0.15, 0.2) is 0 Å². The number of carbonyl (C=O) groups excluding carboxylic acids is 1. The van der Waals surface area contributed by atoms with E-state index in [-0.39, 0.29) is 12.5 Å². The molecule has 0 spiro atoms. The van der Waals surface area contributed by atoms with Crippen molar-refractivity contribution in [3.63, 3.8) is 0 Å². The molecule has 0 bridgehead atoms. The quantitative estimate of drug-likeness (QED) is 0.649.